The fraction of sp³-hybridized carbons (Fsp3) is 0.500. The molecule has 76 valence electrons. The van der Waals surface area contributed by atoms with Crippen LogP contribution in [0.2, 0.25) is 0 Å². The summed E-state index contributed by atoms with van der Waals surface area (Å²) in [6.45, 7) is 2.19. The maximum Gasteiger partial charge on any atom is 0.0575 e. The highest BCUT2D eigenvalue weighted by Crippen LogP contribution is 2.21. The van der Waals surface area contributed by atoms with Crippen molar-refractivity contribution in [3.8, 4) is 0 Å². The third-order valence-electron chi connectivity index (χ3n) is 2.66. The van der Waals surface area contributed by atoms with Gasteiger partial charge in [0, 0.05) is 13.1 Å². The van der Waals surface area contributed by atoms with Crippen molar-refractivity contribution in [2.24, 2.45) is 0 Å². The highest BCUT2D eigenvalue weighted by atomic mass is 14.9. The molecule has 0 amide bonds. The Hall–Kier alpha value is -1.18. The monoisotopic (exact) mass is 190 g/mol. The lowest BCUT2D eigenvalue weighted by Gasteiger charge is -2.15. The van der Waals surface area contributed by atoms with Crippen LogP contribution < -0.4 is 10.6 Å². The maximum atomic E-state index is 3.47. The largest absolute Gasteiger partial charge is 0.383 e. The van der Waals surface area contributed by atoms with E-state index in [1.807, 2.05) is 0 Å². The molecule has 0 saturated heterocycles. The van der Waals surface area contributed by atoms with Gasteiger partial charge in [0.25, 0.3) is 0 Å². The predicted octanol–water partition coefficient (Wildman–Crippen LogP) is 3.08. The van der Waals surface area contributed by atoms with Gasteiger partial charge >= 0.3 is 0 Å². The minimum absolute atomic E-state index is 1.10. The van der Waals surface area contributed by atoms with Gasteiger partial charge in [-0.25, -0.2) is 0 Å². The van der Waals surface area contributed by atoms with Crippen molar-refractivity contribution < 1.29 is 0 Å². The van der Waals surface area contributed by atoms with Crippen molar-refractivity contribution in [3.05, 3.63) is 24.3 Å². The van der Waals surface area contributed by atoms with Crippen molar-refractivity contribution in [1.29, 1.82) is 0 Å². The summed E-state index contributed by atoms with van der Waals surface area (Å²) in [4.78, 5) is 0. The first-order chi connectivity index (χ1) is 6.97. The zero-order valence-corrected chi connectivity index (χ0v) is 8.55. The van der Waals surface area contributed by atoms with Crippen LogP contribution in [-0.2, 0) is 0 Å². The van der Waals surface area contributed by atoms with E-state index in [4.69, 9.17) is 0 Å². The molecular formula is C12H18N2. The summed E-state index contributed by atoms with van der Waals surface area (Å²) in [5.41, 5.74) is 2.49. The van der Waals surface area contributed by atoms with E-state index in [1.54, 1.807) is 0 Å². The third-order valence-corrected chi connectivity index (χ3v) is 2.66. The molecule has 0 atom stereocenters. The molecule has 0 radical (unpaired) electrons. The Morgan fingerprint density at radius 1 is 0.714 bits per heavy atom. The van der Waals surface area contributed by atoms with Gasteiger partial charge in [0.1, 0.15) is 0 Å². The average molecular weight is 190 g/mol. The van der Waals surface area contributed by atoms with E-state index in [9.17, 15) is 0 Å². The third kappa shape index (κ3) is 2.41. The summed E-state index contributed by atoms with van der Waals surface area (Å²) in [5.74, 6) is 0. The van der Waals surface area contributed by atoms with E-state index >= 15 is 0 Å². The van der Waals surface area contributed by atoms with Gasteiger partial charge in [0.2, 0.25) is 0 Å². The Labute approximate surface area is 85.7 Å². The molecule has 1 aromatic rings. The SMILES string of the molecule is c1ccc2c(c1)NCCCCCCN2. The molecule has 2 N–H and O–H groups in total. The average Bonchev–Trinajstić information content (AvgIpc) is 2.25. The van der Waals surface area contributed by atoms with E-state index in [0.717, 1.165) is 13.1 Å². The lowest BCUT2D eigenvalue weighted by Crippen LogP contribution is -2.09. The number of hydrogen-bond donors (Lipinski definition) is 2. The minimum Gasteiger partial charge on any atom is -0.383 e. The zero-order valence-electron chi connectivity index (χ0n) is 8.55. The lowest BCUT2D eigenvalue weighted by atomic mass is 10.1. The number of hydrogen-bond acceptors (Lipinski definition) is 2. The molecule has 0 bridgehead atoms. The molecule has 2 nitrogen and oxygen atoms in total. The maximum absolute atomic E-state index is 3.47. The Morgan fingerprint density at radius 2 is 1.21 bits per heavy atom. The molecule has 1 aromatic carbocycles. The Morgan fingerprint density at radius 3 is 1.71 bits per heavy atom. The molecule has 0 fully saturated rings. The molecule has 0 aliphatic carbocycles. The van der Waals surface area contributed by atoms with Gasteiger partial charge < -0.3 is 10.6 Å². The van der Waals surface area contributed by atoms with Crippen LogP contribution in [-0.4, -0.2) is 13.1 Å². The Kier molecular flexibility index (Phi) is 3.28. The zero-order chi connectivity index (χ0) is 9.64. The second kappa shape index (κ2) is 4.89. The second-order valence-electron chi connectivity index (χ2n) is 3.81. The number of anilines is 2. The summed E-state index contributed by atoms with van der Waals surface area (Å²) in [6, 6.07) is 8.45. The predicted molar refractivity (Wildman–Crippen MR) is 61.9 cm³/mol. The van der Waals surface area contributed by atoms with Crippen LogP contribution in [0.5, 0.6) is 0 Å². The summed E-state index contributed by atoms with van der Waals surface area (Å²) >= 11 is 0. The molecule has 2 rings (SSSR count). The summed E-state index contributed by atoms with van der Waals surface area (Å²) in [7, 11) is 0. The molecular weight excluding hydrogens is 172 g/mol. The van der Waals surface area contributed by atoms with E-state index in [1.165, 1.54) is 37.1 Å². The summed E-state index contributed by atoms with van der Waals surface area (Å²) in [5, 5.41) is 6.94. The van der Waals surface area contributed by atoms with Crippen molar-refractivity contribution in [2.45, 2.75) is 25.7 Å². The van der Waals surface area contributed by atoms with Gasteiger partial charge in [-0.3, -0.25) is 0 Å². The van der Waals surface area contributed by atoms with Crippen LogP contribution in [0, 0.1) is 0 Å². The first-order valence-corrected chi connectivity index (χ1v) is 5.53. The standard InChI is InChI=1S/C12H18N2/c1-2-6-10-14-12-8-4-3-7-11(12)13-9-5-1/h3-4,7-8,13-14H,1-2,5-6,9-10H2. The topological polar surface area (TPSA) is 24.1 Å². The van der Waals surface area contributed by atoms with Gasteiger partial charge in [-0.1, -0.05) is 25.0 Å². The van der Waals surface area contributed by atoms with Crippen molar-refractivity contribution >= 4 is 11.4 Å². The van der Waals surface area contributed by atoms with Gasteiger partial charge in [0.15, 0.2) is 0 Å². The van der Waals surface area contributed by atoms with E-state index < -0.39 is 0 Å². The number of para-hydroxylation sites is 2. The molecule has 14 heavy (non-hydrogen) atoms. The summed E-state index contributed by atoms with van der Waals surface area (Å²) in [6.07, 6.45) is 5.26. The highest BCUT2D eigenvalue weighted by molar-refractivity contribution is 5.68. The fourth-order valence-corrected chi connectivity index (χ4v) is 1.84. The number of fused-ring (bicyclic) bond motifs is 1. The number of benzene rings is 1. The van der Waals surface area contributed by atoms with Crippen molar-refractivity contribution in [2.75, 3.05) is 23.7 Å². The normalized spacial score (nSPS) is 17.4. The van der Waals surface area contributed by atoms with Gasteiger partial charge in [-0.15, -0.1) is 0 Å². The second-order valence-corrected chi connectivity index (χ2v) is 3.81. The van der Waals surface area contributed by atoms with E-state index in [2.05, 4.69) is 34.9 Å². The molecule has 2 heteroatoms. The van der Waals surface area contributed by atoms with E-state index in [0.29, 0.717) is 0 Å². The summed E-state index contributed by atoms with van der Waals surface area (Å²) < 4.78 is 0. The number of nitrogens with one attached hydrogen (secondary N) is 2. The Balaban J connectivity index is 2.10. The molecule has 0 spiro atoms. The van der Waals surface area contributed by atoms with Crippen LogP contribution in [0.25, 0.3) is 0 Å². The molecule has 0 aromatic heterocycles. The molecule has 1 heterocycles. The van der Waals surface area contributed by atoms with Crippen LogP contribution >= 0.6 is 0 Å². The number of rotatable bonds is 0. The first-order valence-electron chi connectivity index (χ1n) is 5.53. The lowest BCUT2D eigenvalue weighted by molar-refractivity contribution is 0.667. The van der Waals surface area contributed by atoms with Crippen LogP contribution in [0.1, 0.15) is 25.7 Å². The van der Waals surface area contributed by atoms with Gasteiger partial charge in [-0.05, 0) is 25.0 Å². The molecule has 0 saturated carbocycles. The minimum atomic E-state index is 1.10. The molecule has 0 unspecified atom stereocenters. The van der Waals surface area contributed by atoms with Crippen molar-refractivity contribution in [1.82, 2.24) is 0 Å². The van der Waals surface area contributed by atoms with Gasteiger partial charge in [-0.2, -0.15) is 0 Å². The molecule has 1 aliphatic heterocycles. The first kappa shape index (κ1) is 9.38. The smallest absolute Gasteiger partial charge is 0.0575 e. The molecule has 1 aliphatic rings. The van der Waals surface area contributed by atoms with Crippen LogP contribution in [0.15, 0.2) is 24.3 Å². The fourth-order valence-electron chi connectivity index (χ4n) is 1.84. The quantitative estimate of drug-likeness (QED) is 0.657. The van der Waals surface area contributed by atoms with Crippen LogP contribution in [0.3, 0.4) is 0 Å². The van der Waals surface area contributed by atoms with Crippen LogP contribution in [0.4, 0.5) is 11.4 Å². The highest BCUT2D eigenvalue weighted by Gasteiger charge is 2.01. The van der Waals surface area contributed by atoms with Crippen molar-refractivity contribution in [3.63, 3.8) is 0 Å². The van der Waals surface area contributed by atoms with Gasteiger partial charge in [0.05, 0.1) is 11.4 Å². The Bertz CT molecular complexity index is 254. The van der Waals surface area contributed by atoms with E-state index in [-0.39, 0.29) is 0 Å².